The summed E-state index contributed by atoms with van der Waals surface area (Å²) in [6.45, 7) is 10.5. The van der Waals surface area contributed by atoms with Gasteiger partial charge in [-0.25, -0.2) is 0 Å². The van der Waals surface area contributed by atoms with Crippen molar-refractivity contribution in [2.75, 3.05) is 26.2 Å². The summed E-state index contributed by atoms with van der Waals surface area (Å²) in [6.07, 6.45) is 2.18. The van der Waals surface area contributed by atoms with Gasteiger partial charge in [0, 0.05) is 19.4 Å². The molecule has 38 heavy (non-hydrogen) atoms. The molecule has 0 unspecified atom stereocenters. The van der Waals surface area contributed by atoms with Crippen molar-refractivity contribution in [1.82, 2.24) is 10.6 Å². The summed E-state index contributed by atoms with van der Waals surface area (Å²) < 4.78 is 68.7. The maximum absolute atomic E-state index is 10.7. The molecule has 0 radical (unpaired) electrons. The van der Waals surface area contributed by atoms with Crippen molar-refractivity contribution < 1.29 is 34.2 Å². The SMILES string of the molecule is CC(C)(C)[Si](OC[C@H]1CC[N+]2=C(N1)N[C@@H](CN)CC2)(c1ccccc1)c1ccccc1.F[P-](F)(F)(F)(F)F. The van der Waals surface area contributed by atoms with E-state index in [1.807, 2.05) is 0 Å². The van der Waals surface area contributed by atoms with Gasteiger partial charge in [0.05, 0.1) is 31.8 Å². The molecule has 0 amide bonds. The first-order valence-corrected chi connectivity index (χ1v) is 16.5. The molecular weight excluding hydrogens is 545 g/mol. The van der Waals surface area contributed by atoms with Crippen molar-refractivity contribution in [3.8, 4) is 0 Å². The summed E-state index contributed by atoms with van der Waals surface area (Å²) >= 11 is 0. The van der Waals surface area contributed by atoms with Gasteiger partial charge in [-0.2, -0.15) is 0 Å². The monoisotopic (exact) mass is 582 g/mol. The van der Waals surface area contributed by atoms with E-state index in [1.54, 1.807) is 0 Å². The fraction of sp³-hybridized carbons (Fsp3) is 0.480. The average Bonchev–Trinajstić information content (AvgIpc) is 2.82. The zero-order chi connectivity index (χ0) is 28.3. The van der Waals surface area contributed by atoms with E-state index in [4.69, 9.17) is 10.2 Å². The van der Waals surface area contributed by atoms with Crippen LogP contribution in [0, 0.1) is 0 Å². The normalized spacial score (nSPS) is 22.1. The molecule has 214 valence electrons. The molecule has 4 rings (SSSR count). The van der Waals surface area contributed by atoms with E-state index in [-0.39, 0.29) is 11.1 Å². The molecule has 2 aromatic carbocycles. The molecule has 2 atom stereocenters. The Morgan fingerprint density at radius 3 is 1.68 bits per heavy atom. The number of nitrogens with two attached hydrogens (primary N) is 1. The fourth-order valence-electron chi connectivity index (χ4n) is 5.00. The van der Waals surface area contributed by atoms with E-state index >= 15 is 0 Å². The summed E-state index contributed by atoms with van der Waals surface area (Å²) in [5, 5.41) is 9.97. The summed E-state index contributed by atoms with van der Waals surface area (Å²) in [5.74, 6) is 1.13. The number of hydrogen-bond donors (Lipinski definition) is 3. The Bertz CT molecular complexity index is 1060. The molecule has 4 N–H and O–H groups in total. The average molecular weight is 583 g/mol. The second-order valence-electron chi connectivity index (χ2n) is 10.8. The number of halogens is 6. The van der Waals surface area contributed by atoms with E-state index in [2.05, 4.69) is 96.6 Å². The van der Waals surface area contributed by atoms with Crippen molar-refractivity contribution in [2.24, 2.45) is 5.73 Å². The quantitative estimate of drug-likeness (QED) is 0.194. The van der Waals surface area contributed by atoms with Crippen molar-refractivity contribution in [2.45, 2.75) is 50.7 Å². The second kappa shape index (κ2) is 10.4. The molecule has 2 aliphatic heterocycles. The van der Waals surface area contributed by atoms with E-state index in [9.17, 15) is 25.2 Å². The predicted molar refractivity (Wildman–Crippen MR) is 144 cm³/mol. The minimum atomic E-state index is -10.7. The Balaban J connectivity index is 0.000000505. The fourth-order valence-corrected chi connectivity index (χ4v) is 9.61. The van der Waals surface area contributed by atoms with Crippen LogP contribution >= 0.6 is 7.81 Å². The van der Waals surface area contributed by atoms with Crippen LogP contribution in [0.2, 0.25) is 5.04 Å². The van der Waals surface area contributed by atoms with Crippen molar-refractivity contribution >= 4 is 32.5 Å². The number of benzene rings is 2. The van der Waals surface area contributed by atoms with Crippen LogP contribution in [0.4, 0.5) is 25.2 Å². The minimum absolute atomic E-state index is 0.00269. The van der Waals surface area contributed by atoms with Crippen LogP contribution in [0.25, 0.3) is 0 Å². The van der Waals surface area contributed by atoms with Crippen LogP contribution in [0.15, 0.2) is 60.7 Å². The number of guanidine groups is 1. The first kappa shape index (κ1) is 30.4. The van der Waals surface area contributed by atoms with Gasteiger partial charge in [0.1, 0.15) is 0 Å². The van der Waals surface area contributed by atoms with Crippen LogP contribution in [-0.2, 0) is 4.43 Å². The molecular formula is C25H37F6N4OPSi. The maximum atomic E-state index is 9.87. The molecule has 0 aromatic heterocycles. The van der Waals surface area contributed by atoms with Gasteiger partial charge < -0.3 is 10.2 Å². The summed E-state index contributed by atoms with van der Waals surface area (Å²) in [5.41, 5.74) is 5.91. The number of nitrogens with one attached hydrogen (secondary N) is 2. The number of nitrogens with zero attached hydrogens (tertiary/aromatic N) is 1. The predicted octanol–water partition coefficient (Wildman–Crippen LogP) is 5.00. The van der Waals surface area contributed by atoms with Gasteiger partial charge in [-0.3, -0.25) is 15.2 Å². The molecule has 0 aliphatic carbocycles. The van der Waals surface area contributed by atoms with Crippen LogP contribution in [0.1, 0.15) is 33.6 Å². The first-order chi connectivity index (χ1) is 17.4. The first-order valence-electron chi connectivity index (χ1n) is 12.6. The molecule has 0 spiro atoms. The molecule has 0 saturated carbocycles. The van der Waals surface area contributed by atoms with Gasteiger partial charge in [-0.1, -0.05) is 81.4 Å². The van der Waals surface area contributed by atoms with E-state index in [0.29, 0.717) is 19.2 Å². The molecule has 13 heteroatoms. The summed E-state index contributed by atoms with van der Waals surface area (Å²) in [4.78, 5) is 0. The van der Waals surface area contributed by atoms with Crippen LogP contribution in [-0.4, -0.2) is 57.2 Å². The van der Waals surface area contributed by atoms with Crippen molar-refractivity contribution in [3.05, 3.63) is 60.7 Å². The van der Waals surface area contributed by atoms with Crippen LogP contribution < -0.4 is 26.7 Å². The molecule has 0 bridgehead atoms. The molecule has 0 saturated heterocycles. The number of rotatable bonds is 6. The third-order valence-electron chi connectivity index (χ3n) is 6.70. The Hall–Kier alpha value is -2.14. The zero-order valence-electron chi connectivity index (χ0n) is 21.8. The third-order valence-corrected chi connectivity index (χ3v) is 11.7. The molecule has 0 fully saturated rings. The van der Waals surface area contributed by atoms with Crippen LogP contribution in [0.5, 0.6) is 0 Å². The standard InChI is InChI=1S/C25H36N4OSi.F6P/c1-25(2,3)31(22-10-6-4-7-11-22,23-12-8-5-9-13-23)30-19-21-15-17-29-16-14-20(18-26)27-24(29)28-21;1-7(2,3,4,5)6/h4-13,20-21H,14-19,26H2,1-3H3,(H,27,28);/q;-1/p+1/t20-,21-;/m1./s1. The van der Waals surface area contributed by atoms with Gasteiger partial charge in [-0.15, -0.1) is 0 Å². The van der Waals surface area contributed by atoms with Gasteiger partial charge >= 0.3 is 38.9 Å². The third kappa shape index (κ3) is 8.69. The Kier molecular flexibility index (Phi) is 8.35. The van der Waals surface area contributed by atoms with E-state index in [0.717, 1.165) is 31.9 Å². The van der Waals surface area contributed by atoms with E-state index in [1.165, 1.54) is 10.4 Å². The number of hydrogen-bond acceptors (Lipinski definition) is 4. The Morgan fingerprint density at radius 1 is 0.842 bits per heavy atom. The molecule has 2 aromatic rings. The van der Waals surface area contributed by atoms with E-state index < -0.39 is 16.1 Å². The second-order valence-corrected chi connectivity index (χ2v) is 17.0. The van der Waals surface area contributed by atoms with Gasteiger partial charge in [0.25, 0.3) is 8.32 Å². The molecule has 2 aliphatic rings. The topological polar surface area (TPSA) is 62.3 Å². The Labute approximate surface area is 220 Å². The molecule has 2 heterocycles. The summed E-state index contributed by atoms with van der Waals surface area (Å²) in [6, 6.07) is 22.4. The molecule has 5 nitrogen and oxygen atoms in total. The van der Waals surface area contributed by atoms with Crippen molar-refractivity contribution in [1.29, 1.82) is 0 Å². The van der Waals surface area contributed by atoms with Crippen molar-refractivity contribution in [3.63, 3.8) is 0 Å². The summed E-state index contributed by atoms with van der Waals surface area (Å²) in [7, 11) is -13.2. The Morgan fingerprint density at radius 2 is 1.26 bits per heavy atom. The van der Waals surface area contributed by atoms with Gasteiger partial charge in [-0.05, 0) is 15.4 Å². The van der Waals surface area contributed by atoms with Gasteiger partial charge in [0.15, 0.2) is 0 Å². The van der Waals surface area contributed by atoms with Gasteiger partial charge in [0.2, 0.25) is 0 Å². The van der Waals surface area contributed by atoms with Crippen LogP contribution in [0.3, 0.4) is 0 Å². The zero-order valence-corrected chi connectivity index (χ0v) is 23.7.